The average molecular weight is 271 g/mol. The molecule has 0 aromatic carbocycles. The van der Waals surface area contributed by atoms with Crippen LogP contribution in [0.15, 0.2) is 5.38 Å². The van der Waals surface area contributed by atoms with E-state index in [1.807, 2.05) is 0 Å². The second-order valence-electron chi connectivity index (χ2n) is 4.24. The highest BCUT2D eigenvalue weighted by molar-refractivity contribution is 7.13. The molecule has 18 heavy (non-hydrogen) atoms. The van der Waals surface area contributed by atoms with Crippen molar-refractivity contribution >= 4 is 16.5 Å². The monoisotopic (exact) mass is 271 g/mol. The van der Waals surface area contributed by atoms with Crippen LogP contribution in [0.4, 0.5) is 5.13 Å². The Hall–Kier alpha value is -0.690. The van der Waals surface area contributed by atoms with Crippen LogP contribution in [0.3, 0.4) is 0 Å². The summed E-state index contributed by atoms with van der Waals surface area (Å²) in [6.45, 7) is 6.08. The van der Waals surface area contributed by atoms with E-state index < -0.39 is 0 Å². The lowest BCUT2D eigenvalue weighted by Crippen LogP contribution is -2.25. The summed E-state index contributed by atoms with van der Waals surface area (Å²) in [5.41, 5.74) is 1.11. The quantitative estimate of drug-likeness (QED) is 0.785. The van der Waals surface area contributed by atoms with E-state index in [2.05, 4.69) is 20.6 Å². The molecule has 2 rings (SSSR count). The summed E-state index contributed by atoms with van der Waals surface area (Å²) in [5, 5.41) is 6.55. The van der Waals surface area contributed by atoms with Crippen molar-refractivity contribution in [2.24, 2.45) is 0 Å². The maximum Gasteiger partial charge on any atom is 0.185 e. The minimum absolute atomic E-state index is 0.737. The lowest BCUT2D eigenvalue weighted by Gasteiger charge is -2.17. The van der Waals surface area contributed by atoms with Crippen molar-refractivity contribution in [1.82, 2.24) is 10.3 Å². The molecule has 0 bridgehead atoms. The van der Waals surface area contributed by atoms with Crippen molar-refractivity contribution in [3.8, 4) is 0 Å². The van der Waals surface area contributed by atoms with Crippen LogP contribution in [0, 0.1) is 0 Å². The molecule has 1 aromatic rings. The number of methoxy groups -OCH3 is 1. The van der Waals surface area contributed by atoms with E-state index in [1.54, 1.807) is 18.4 Å². The van der Waals surface area contributed by atoms with E-state index in [-0.39, 0.29) is 0 Å². The largest absolute Gasteiger partial charge is 0.383 e. The Labute approximate surface area is 112 Å². The maximum atomic E-state index is 5.45. The fourth-order valence-corrected chi connectivity index (χ4v) is 2.73. The first-order valence-electron chi connectivity index (χ1n) is 6.37. The molecule has 0 atom stereocenters. The standard InChI is InChI=1S/C12H21N3O2S/c1-16-7-3-13-9-11-10-18-12(14-11)15-4-2-6-17-8-5-15/h10,13H,2-9H2,1H3. The van der Waals surface area contributed by atoms with Gasteiger partial charge in [0, 0.05) is 45.3 Å². The topological polar surface area (TPSA) is 46.6 Å². The van der Waals surface area contributed by atoms with Crippen LogP contribution in [0.1, 0.15) is 12.1 Å². The fraction of sp³-hybridized carbons (Fsp3) is 0.750. The smallest absolute Gasteiger partial charge is 0.185 e. The molecule has 6 heteroatoms. The number of ether oxygens (including phenoxy) is 2. The lowest BCUT2D eigenvalue weighted by molar-refractivity contribution is 0.152. The number of anilines is 1. The van der Waals surface area contributed by atoms with Gasteiger partial charge in [-0.05, 0) is 6.42 Å². The summed E-state index contributed by atoms with van der Waals surface area (Å²) in [6, 6.07) is 0. The van der Waals surface area contributed by atoms with Crippen molar-refractivity contribution in [2.75, 3.05) is 51.5 Å². The van der Waals surface area contributed by atoms with Crippen LogP contribution in [0.5, 0.6) is 0 Å². The van der Waals surface area contributed by atoms with Crippen molar-refractivity contribution in [2.45, 2.75) is 13.0 Å². The summed E-state index contributed by atoms with van der Waals surface area (Å²) in [6.07, 6.45) is 1.08. The van der Waals surface area contributed by atoms with Gasteiger partial charge < -0.3 is 19.7 Å². The van der Waals surface area contributed by atoms with Crippen molar-refractivity contribution in [3.05, 3.63) is 11.1 Å². The molecule has 1 aliphatic heterocycles. The molecule has 1 N–H and O–H groups in total. The molecule has 0 radical (unpaired) electrons. The van der Waals surface area contributed by atoms with Crippen molar-refractivity contribution < 1.29 is 9.47 Å². The Bertz CT molecular complexity index is 338. The third-order valence-corrected chi connectivity index (χ3v) is 3.77. The van der Waals surface area contributed by atoms with E-state index in [9.17, 15) is 0 Å². The first kappa shape index (κ1) is 13.7. The van der Waals surface area contributed by atoms with E-state index in [0.717, 1.165) is 63.2 Å². The van der Waals surface area contributed by atoms with Crippen LogP contribution < -0.4 is 10.2 Å². The maximum absolute atomic E-state index is 5.45. The van der Waals surface area contributed by atoms with Gasteiger partial charge in [-0.2, -0.15) is 0 Å². The zero-order chi connectivity index (χ0) is 12.6. The molecule has 1 saturated heterocycles. The molecule has 0 aliphatic carbocycles. The minimum atomic E-state index is 0.737. The molecular formula is C12H21N3O2S. The highest BCUT2D eigenvalue weighted by Gasteiger charge is 2.13. The number of thiazole rings is 1. The zero-order valence-corrected chi connectivity index (χ0v) is 11.7. The van der Waals surface area contributed by atoms with E-state index in [4.69, 9.17) is 9.47 Å². The van der Waals surface area contributed by atoms with Crippen molar-refractivity contribution in [3.63, 3.8) is 0 Å². The van der Waals surface area contributed by atoms with Crippen LogP contribution in [0.25, 0.3) is 0 Å². The van der Waals surface area contributed by atoms with E-state index in [1.165, 1.54) is 0 Å². The number of aromatic nitrogens is 1. The predicted octanol–water partition coefficient (Wildman–Crippen LogP) is 1.11. The van der Waals surface area contributed by atoms with Crippen LogP contribution in [-0.4, -0.2) is 51.5 Å². The molecule has 0 spiro atoms. The second-order valence-corrected chi connectivity index (χ2v) is 5.08. The highest BCUT2D eigenvalue weighted by atomic mass is 32.1. The summed E-state index contributed by atoms with van der Waals surface area (Å²) in [7, 11) is 1.71. The molecule has 0 unspecified atom stereocenters. The Balaban J connectivity index is 1.81. The molecule has 2 heterocycles. The Morgan fingerprint density at radius 2 is 2.44 bits per heavy atom. The van der Waals surface area contributed by atoms with Crippen LogP contribution >= 0.6 is 11.3 Å². The highest BCUT2D eigenvalue weighted by Crippen LogP contribution is 2.21. The summed E-state index contributed by atoms with van der Waals surface area (Å²) in [5.74, 6) is 0. The number of nitrogens with one attached hydrogen (secondary N) is 1. The van der Waals surface area contributed by atoms with E-state index in [0.29, 0.717) is 0 Å². The van der Waals surface area contributed by atoms with Gasteiger partial charge >= 0.3 is 0 Å². The Morgan fingerprint density at radius 1 is 1.50 bits per heavy atom. The van der Waals surface area contributed by atoms with E-state index >= 15 is 0 Å². The minimum Gasteiger partial charge on any atom is -0.383 e. The number of hydrogen-bond donors (Lipinski definition) is 1. The lowest BCUT2D eigenvalue weighted by atomic mass is 10.4. The van der Waals surface area contributed by atoms with Gasteiger partial charge in [-0.25, -0.2) is 4.98 Å². The van der Waals surface area contributed by atoms with Gasteiger partial charge in [-0.1, -0.05) is 0 Å². The van der Waals surface area contributed by atoms with Gasteiger partial charge in [0.05, 0.1) is 18.9 Å². The molecule has 5 nitrogen and oxygen atoms in total. The Kier molecular flexibility index (Phi) is 5.86. The third kappa shape index (κ3) is 4.20. The SMILES string of the molecule is COCCNCc1csc(N2CCCOCC2)n1. The van der Waals surface area contributed by atoms with Crippen LogP contribution in [0.2, 0.25) is 0 Å². The van der Waals surface area contributed by atoms with Gasteiger partial charge in [0.15, 0.2) is 5.13 Å². The predicted molar refractivity (Wildman–Crippen MR) is 73.3 cm³/mol. The van der Waals surface area contributed by atoms with Gasteiger partial charge in [0.1, 0.15) is 0 Å². The van der Waals surface area contributed by atoms with Crippen molar-refractivity contribution in [1.29, 1.82) is 0 Å². The Morgan fingerprint density at radius 3 is 3.33 bits per heavy atom. The molecular weight excluding hydrogens is 250 g/mol. The molecule has 0 saturated carbocycles. The third-order valence-electron chi connectivity index (χ3n) is 2.82. The number of rotatable bonds is 6. The first-order chi connectivity index (χ1) is 8.90. The summed E-state index contributed by atoms with van der Waals surface area (Å²) >= 11 is 1.72. The molecule has 1 aliphatic rings. The number of hydrogen-bond acceptors (Lipinski definition) is 6. The summed E-state index contributed by atoms with van der Waals surface area (Å²) < 4.78 is 10.4. The first-order valence-corrected chi connectivity index (χ1v) is 7.25. The summed E-state index contributed by atoms with van der Waals surface area (Å²) in [4.78, 5) is 6.97. The number of nitrogens with zero attached hydrogens (tertiary/aromatic N) is 2. The molecule has 1 aromatic heterocycles. The van der Waals surface area contributed by atoms with Gasteiger partial charge in [-0.3, -0.25) is 0 Å². The van der Waals surface area contributed by atoms with Gasteiger partial charge in [-0.15, -0.1) is 11.3 Å². The fourth-order valence-electron chi connectivity index (χ4n) is 1.85. The second kappa shape index (κ2) is 7.68. The molecule has 102 valence electrons. The van der Waals surface area contributed by atoms with Gasteiger partial charge in [0.2, 0.25) is 0 Å². The molecule has 0 amide bonds. The van der Waals surface area contributed by atoms with Gasteiger partial charge in [0.25, 0.3) is 0 Å². The average Bonchev–Trinajstić information content (AvgIpc) is 2.69. The van der Waals surface area contributed by atoms with Crippen LogP contribution in [-0.2, 0) is 16.0 Å². The zero-order valence-electron chi connectivity index (χ0n) is 10.9. The molecule has 1 fully saturated rings. The normalized spacial score (nSPS) is 16.8.